The average Bonchev–Trinajstić information content (AvgIpc) is 2.99. The lowest BCUT2D eigenvalue weighted by Gasteiger charge is -2.45. The Morgan fingerprint density at radius 2 is 0.961 bits per heavy atom. The second-order valence-electron chi connectivity index (χ2n) is 11.6. The number of ether oxygens (including phenoxy) is 2. The average molecular weight is 827 g/mol. The molecule has 0 amide bonds. The fourth-order valence-corrected chi connectivity index (χ4v) is 7.50. The third kappa shape index (κ3) is 21.1. The lowest BCUT2D eigenvalue weighted by molar-refractivity contribution is -0.209. The van der Waals surface area contributed by atoms with E-state index in [1.165, 1.54) is 0 Å². The number of rotatable bonds is 26. The van der Waals surface area contributed by atoms with E-state index in [0.29, 0.717) is 19.3 Å². The number of aliphatic hydroxyl groups is 2. The van der Waals surface area contributed by atoms with Crippen LogP contribution in [0, 0.1) is 0 Å². The van der Waals surface area contributed by atoms with E-state index in [-0.39, 0.29) is 12.8 Å². The Morgan fingerprint density at radius 1 is 0.549 bits per heavy atom. The quantitative estimate of drug-likeness (QED) is 0.0341. The van der Waals surface area contributed by atoms with E-state index in [9.17, 15) is 72.3 Å². The van der Waals surface area contributed by atoms with E-state index in [4.69, 9.17) is 18.5 Å². The van der Waals surface area contributed by atoms with Crippen LogP contribution in [0.2, 0.25) is 0 Å². The molecule has 6 atom stereocenters. The van der Waals surface area contributed by atoms with Gasteiger partial charge in [0.2, 0.25) is 0 Å². The summed E-state index contributed by atoms with van der Waals surface area (Å²) in [5.74, 6) is -1.43. The molecule has 1 saturated carbocycles. The molecule has 0 aliphatic heterocycles. The molecule has 302 valence electrons. The lowest BCUT2D eigenvalue weighted by atomic mass is 9.85. The van der Waals surface area contributed by atoms with Gasteiger partial charge in [-0.2, -0.15) is 0 Å². The monoisotopic (exact) mass is 826 g/mol. The molecule has 0 aromatic rings. The fraction of sp³-hybridized carbons (Fsp3) is 0.920. The lowest BCUT2D eigenvalue weighted by Crippen LogP contribution is -2.65. The number of hydrogen-bond donors (Lipinski definition) is 9. The summed E-state index contributed by atoms with van der Waals surface area (Å²) >= 11 is 0. The Bertz CT molecular complexity index is 1210. The highest BCUT2D eigenvalue weighted by Crippen LogP contribution is 2.53. The minimum absolute atomic E-state index is 0.0319. The van der Waals surface area contributed by atoms with Crippen molar-refractivity contribution in [2.24, 2.45) is 0 Å². The summed E-state index contributed by atoms with van der Waals surface area (Å²) in [4.78, 5) is 91.0. The maximum atomic E-state index is 13.0. The van der Waals surface area contributed by atoms with Crippen LogP contribution in [-0.2, 0) is 59.9 Å². The number of phosphoric ester groups is 4. The van der Waals surface area contributed by atoms with Gasteiger partial charge in [-0.15, -0.1) is 0 Å². The minimum Gasteiger partial charge on any atom is -0.462 e. The highest BCUT2D eigenvalue weighted by atomic mass is 31.2. The second kappa shape index (κ2) is 22.6. The smallest absolute Gasteiger partial charge is 0.462 e. The van der Waals surface area contributed by atoms with Crippen LogP contribution in [0.15, 0.2) is 0 Å². The molecule has 1 aliphatic carbocycles. The molecule has 1 fully saturated rings. The molecule has 0 heterocycles. The summed E-state index contributed by atoms with van der Waals surface area (Å²) in [5.41, 5.74) is 0. The zero-order valence-electron chi connectivity index (χ0n) is 28.1. The molecular weight excluding hydrogens is 776 g/mol. The van der Waals surface area contributed by atoms with Crippen LogP contribution in [-0.4, -0.2) is 112 Å². The number of esters is 2. The molecule has 9 N–H and O–H groups in total. The molecule has 0 spiro atoms. The Hall–Kier alpha value is -0.700. The maximum Gasteiger partial charge on any atom is 0.472 e. The SMILES string of the molecule is CCCCCCCC(=O)OCC(COP(=O)(O)OC1C(O)C(OP(=O)(O)O)C(OP(=O)(O)O)C(OP(=O)(O)O)C1O)OC(=O)CCCCCCC. The van der Waals surface area contributed by atoms with E-state index in [1.807, 2.05) is 13.8 Å². The molecule has 0 radical (unpaired) electrons. The van der Waals surface area contributed by atoms with E-state index in [1.54, 1.807) is 0 Å². The van der Waals surface area contributed by atoms with Gasteiger partial charge in [0.1, 0.15) is 43.2 Å². The molecule has 6 unspecified atom stereocenters. The summed E-state index contributed by atoms with van der Waals surface area (Å²) in [7, 11) is -22.9. The van der Waals surface area contributed by atoms with Gasteiger partial charge in [0.25, 0.3) is 0 Å². The summed E-state index contributed by atoms with van der Waals surface area (Å²) < 4.78 is 80.7. The number of hydrogen-bond acceptors (Lipinski definition) is 15. The molecule has 22 nitrogen and oxygen atoms in total. The molecular formula is C25H50O22P4. The van der Waals surface area contributed by atoms with Gasteiger partial charge in [0.15, 0.2) is 6.10 Å². The first-order valence-corrected chi connectivity index (χ1v) is 22.2. The van der Waals surface area contributed by atoms with Gasteiger partial charge in [-0.05, 0) is 12.8 Å². The minimum atomic E-state index is -5.76. The predicted molar refractivity (Wildman–Crippen MR) is 171 cm³/mol. The van der Waals surface area contributed by atoms with E-state index < -0.39 is 99.2 Å². The van der Waals surface area contributed by atoms with Gasteiger partial charge < -0.3 is 53.9 Å². The number of unbranched alkanes of at least 4 members (excludes halogenated alkanes) is 8. The number of carbonyl (C=O) groups is 2. The van der Waals surface area contributed by atoms with Crippen molar-refractivity contribution < 1.29 is 104 Å². The second-order valence-corrected chi connectivity index (χ2v) is 16.6. The predicted octanol–water partition coefficient (Wildman–Crippen LogP) is 1.83. The maximum absolute atomic E-state index is 13.0. The zero-order chi connectivity index (χ0) is 39.0. The van der Waals surface area contributed by atoms with Crippen molar-refractivity contribution in [1.29, 1.82) is 0 Å². The first-order chi connectivity index (χ1) is 23.5. The highest BCUT2D eigenvalue weighted by molar-refractivity contribution is 7.47. The molecule has 0 saturated heterocycles. The molecule has 1 rings (SSSR count). The van der Waals surface area contributed by atoms with Gasteiger partial charge in [-0.3, -0.25) is 32.2 Å². The van der Waals surface area contributed by atoms with Crippen LogP contribution in [0.25, 0.3) is 0 Å². The highest BCUT2D eigenvalue weighted by Gasteiger charge is 2.59. The summed E-state index contributed by atoms with van der Waals surface area (Å²) in [5, 5.41) is 21.5. The number of phosphoric acid groups is 4. The van der Waals surface area contributed by atoms with Crippen molar-refractivity contribution in [3.8, 4) is 0 Å². The summed E-state index contributed by atoms with van der Waals surface area (Å²) in [6.45, 7) is 2.38. The van der Waals surface area contributed by atoms with Crippen LogP contribution in [0.1, 0.15) is 90.9 Å². The fourth-order valence-electron chi connectivity index (χ4n) is 4.84. The van der Waals surface area contributed by atoms with Crippen LogP contribution >= 0.6 is 31.3 Å². The third-order valence-electron chi connectivity index (χ3n) is 7.15. The van der Waals surface area contributed by atoms with Crippen molar-refractivity contribution in [1.82, 2.24) is 0 Å². The summed E-state index contributed by atoms with van der Waals surface area (Å²) in [6.07, 6.45) is -9.83. The van der Waals surface area contributed by atoms with Gasteiger partial charge >= 0.3 is 43.2 Å². The zero-order valence-corrected chi connectivity index (χ0v) is 31.6. The van der Waals surface area contributed by atoms with Crippen LogP contribution < -0.4 is 0 Å². The van der Waals surface area contributed by atoms with E-state index in [0.717, 1.165) is 44.9 Å². The summed E-state index contributed by atoms with van der Waals surface area (Å²) in [6, 6.07) is 0. The molecule has 26 heteroatoms. The van der Waals surface area contributed by atoms with Crippen LogP contribution in [0.4, 0.5) is 0 Å². The van der Waals surface area contributed by atoms with Crippen molar-refractivity contribution in [3.63, 3.8) is 0 Å². The first kappa shape index (κ1) is 48.3. The van der Waals surface area contributed by atoms with Gasteiger partial charge in [-0.25, -0.2) is 18.3 Å². The first-order valence-electron chi connectivity index (χ1n) is 16.1. The number of carbonyl (C=O) groups excluding carboxylic acids is 2. The van der Waals surface area contributed by atoms with Crippen LogP contribution in [0.3, 0.4) is 0 Å². The number of aliphatic hydroxyl groups excluding tert-OH is 2. The molecule has 0 aromatic heterocycles. The standard InChI is InChI=1S/C25H50O22P4/c1-3-5-7-9-11-13-18(26)41-15-17(43-19(27)14-12-10-8-6-4-2)16-42-51(39,40)47-22-20(28)23(44-48(30,31)32)25(46-50(36,37)38)24(21(22)29)45-49(33,34)35/h17,20-25,28-29H,3-16H2,1-2H3,(H,39,40)(H2,30,31,32)(H2,33,34,35)(H2,36,37,38). The Kier molecular flexibility index (Phi) is 21.4. The molecule has 0 bridgehead atoms. The Labute approximate surface area is 294 Å². The molecule has 0 aromatic carbocycles. The Balaban J connectivity index is 3.19. The van der Waals surface area contributed by atoms with Crippen LogP contribution in [0.5, 0.6) is 0 Å². The van der Waals surface area contributed by atoms with Crippen molar-refractivity contribution in [2.75, 3.05) is 13.2 Å². The van der Waals surface area contributed by atoms with Gasteiger partial charge in [0.05, 0.1) is 6.61 Å². The molecule has 51 heavy (non-hydrogen) atoms. The van der Waals surface area contributed by atoms with E-state index >= 15 is 0 Å². The van der Waals surface area contributed by atoms with Crippen molar-refractivity contribution in [3.05, 3.63) is 0 Å². The van der Waals surface area contributed by atoms with Gasteiger partial charge in [-0.1, -0.05) is 65.2 Å². The normalized spacial score (nSPS) is 24.8. The topological polar surface area (TPSA) is 349 Å². The van der Waals surface area contributed by atoms with E-state index in [2.05, 4.69) is 13.6 Å². The molecule has 1 aliphatic rings. The third-order valence-corrected chi connectivity index (χ3v) is 9.69. The van der Waals surface area contributed by atoms with Crippen molar-refractivity contribution in [2.45, 2.75) is 134 Å². The Morgan fingerprint density at radius 3 is 1.39 bits per heavy atom. The van der Waals surface area contributed by atoms with Gasteiger partial charge in [0, 0.05) is 12.8 Å². The largest absolute Gasteiger partial charge is 0.472 e. The van der Waals surface area contributed by atoms with Crippen molar-refractivity contribution >= 4 is 43.2 Å².